The first-order valence-electron chi connectivity index (χ1n) is 7.89. The lowest BCUT2D eigenvalue weighted by Gasteiger charge is -2.31. The maximum absolute atomic E-state index is 12.2. The number of hydrogen-bond donors (Lipinski definition) is 2. The van der Waals surface area contributed by atoms with Gasteiger partial charge in [-0.25, -0.2) is 0 Å². The summed E-state index contributed by atoms with van der Waals surface area (Å²) < 4.78 is 0. The van der Waals surface area contributed by atoms with Crippen LogP contribution in [-0.2, 0) is 20.8 Å². The summed E-state index contributed by atoms with van der Waals surface area (Å²) in [6.07, 6.45) is 2.90. The predicted octanol–water partition coefficient (Wildman–Crippen LogP) is 0.310. The van der Waals surface area contributed by atoms with Crippen LogP contribution in [0.3, 0.4) is 0 Å². The summed E-state index contributed by atoms with van der Waals surface area (Å²) in [5.74, 6) is -0.176. The van der Waals surface area contributed by atoms with Gasteiger partial charge in [0, 0.05) is 27.6 Å². The highest BCUT2D eigenvalue weighted by molar-refractivity contribution is 5.89. The summed E-state index contributed by atoms with van der Waals surface area (Å²) in [5, 5.41) is 2.62. The van der Waals surface area contributed by atoms with Gasteiger partial charge in [-0.3, -0.25) is 9.59 Å². The molecule has 0 aliphatic rings. The van der Waals surface area contributed by atoms with Crippen molar-refractivity contribution in [3.63, 3.8) is 0 Å². The van der Waals surface area contributed by atoms with E-state index >= 15 is 0 Å². The lowest BCUT2D eigenvalue weighted by molar-refractivity contribution is -0.122. The van der Waals surface area contributed by atoms with Gasteiger partial charge in [0.1, 0.15) is 12.3 Å². The maximum Gasteiger partial charge on any atom is 0.242 e. The van der Waals surface area contributed by atoms with Gasteiger partial charge in [0.25, 0.3) is 0 Å². The molecule has 0 aliphatic heterocycles. The van der Waals surface area contributed by atoms with Crippen molar-refractivity contribution in [3.8, 4) is 0 Å². The van der Waals surface area contributed by atoms with E-state index in [0.29, 0.717) is 25.1 Å². The van der Waals surface area contributed by atoms with Gasteiger partial charge < -0.3 is 25.6 Å². The molecule has 0 bridgehead atoms. The zero-order valence-corrected chi connectivity index (χ0v) is 14.5. The summed E-state index contributed by atoms with van der Waals surface area (Å²) in [5.41, 5.74) is 8.05. The fraction of sp³-hybridized carbons (Fsp3) is 0.471. The van der Waals surface area contributed by atoms with Crippen LogP contribution < -0.4 is 20.9 Å². The summed E-state index contributed by atoms with van der Waals surface area (Å²) in [6.45, 7) is 0.514. The Hall–Kier alpha value is -2.41. The molecule has 1 unspecified atom stereocenters. The average molecular weight is 334 g/mol. The number of nitrogens with one attached hydrogen (secondary N) is 1. The van der Waals surface area contributed by atoms with Crippen LogP contribution in [0.4, 0.5) is 11.4 Å². The molecule has 24 heavy (non-hydrogen) atoms. The number of carbonyl (C=O) groups excluding carboxylic acids is 3. The van der Waals surface area contributed by atoms with Crippen LogP contribution in [0.15, 0.2) is 18.2 Å². The van der Waals surface area contributed by atoms with Crippen molar-refractivity contribution >= 4 is 30.0 Å². The topological polar surface area (TPSA) is 95.7 Å². The highest BCUT2D eigenvalue weighted by Gasteiger charge is 2.24. The van der Waals surface area contributed by atoms with E-state index in [1.165, 1.54) is 4.90 Å². The molecule has 0 saturated heterocycles. The minimum absolute atomic E-state index is 0.176. The van der Waals surface area contributed by atoms with Crippen molar-refractivity contribution in [2.45, 2.75) is 25.3 Å². The summed E-state index contributed by atoms with van der Waals surface area (Å²) in [7, 11) is 5.00. The van der Waals surface area contributed by atoms with Crippen molar-refractivity contribution in [3.05, 3.63) is 23.8 Å². The van der Waals surface area contributed by atoms with E-state index in [2.05, 4.69) is 5.32 Å². The molecule has 1 atom stereocenters. The molecule has 0 aromatic heterocycles. The van der Waals surface area contributed by atoms with Crippen LogP contribution in [-0.4, -0.2) is 52.3 Å². The molecule has 1 rings (SSSR count). The molecule has 132 valence electrons. The number of hydrogen-bond acceptors (Lipinski definition) is 5. The first-order chi connectivity index (χ1) is 11.5. The van der Waals surface area contributed by atoms with Gasteiger partial charge in [0.05, 0.1) is 11.4 Å². The fourth-order valence-electron chi connectivity index (χ4n) is 2.59. The molecule has 0 heterocycles. The Morgan fingerprint density at radius 1 is 1.29 bits per heavy atom. The third-order valence-electron chi connectivity index (χ3n) is 3.97. The van der Waals surface area contributed by atoms with Gasteiger partial charge in [-0.05, 0) is 37.1 Å². The second-order valence-electron chi connectivity index (χ2n) is 5.56. The molecular weight excluding hydrogens is 308 g/mol. The number of amides is 2. The monoisotopic (exact) mass is 334 g/mol. The third kappa shape index (κ3) is 4.79. The van der Waals surface area contributed by atoms with Crippen LogP contribution in [0.5, 0.6) is 0 Å². The number of nitrogens with zero attached hydrogens (tertiary/aromatic N) is 2. The van der Waals surface area contributed by atoms with E-state index in [0.717, 1.165) is 23.9 Å². The highest BCUT2D eigenvalue weighted by Crippen LogP contribution is 2.31. The molecule has 2 amide bonds. The number of rotatable bonds is 10. The molecule has 0 radical (unpaired) electrons. The Morgan fingerprint density at radius 2 is 2.00 bits per heavy atom. The SMILES string of the molecule is CNC(=O)C(CCC=O)N(C)c1ccc(CCN)cc1N(C)C=O. The van der Waals surface area contributed by atoms with Crippen molar-refractivity contribution in [2.75, 3.05) is 37.5 Å². The molecule has 0 spiro atoms. The number of benzene rings is 1. The van der Waals surface area contributed by atoms with Crippen LogP contribution in [0, 0.1) is 0 Å². The molecule has 0 fully saturated rings. The average Bonchev–Trinajstić information content (AvgIpc) is 2.60. The van der Waals surface area contributed by atoms with Gasteiger partial charge in [0.15, 0.2) is 0 Å². The Balaban J connectivity index is 3.26. The number of carbonyl (C=O) groups is 3. The van der Waals surface area contributed by atoms with Crippen molar-refractivity contribution in [2.24, 2.45) is 5.73 Å². The first-order valence-corrected chi connectivity index (χ1v) is 7.89. The zero-order valence-electron chi connectivity index (χ0n) is 14.5. The molecular formula is C17H26N4O3. The molecule has 1 aromatic rings. The van der Waals surface area contributed by atoms with Gasteiger partial charge in [-0.15, -0.1) is 0 Å². The zero-order chi connectivity index (χ0) is 18.1. The molecule has 7 nitrogen and oxygen atoms in total. The summed E-state index contributed by atoms with van der Waals surface area (Å²) in [6, 6.07) is 5.20. The van der Waals surface area contributed by atoms with Crippen LogP contribution in [0.2, 0.25) is 0 Å². The highest BCUT2D eigenvalue weighted by atomic mass is 16.2. The minimum atomic E-state index is -0.501. The second-order valence-corrected chi connectivity index (χ2v) is 5.56. The number of likely N-dealkylation sites (N-methyl/N-ethyl adjacent to an activating group) is 2. The fourth-order valence-corrected chi connectivity index (χ4v) is 2.59. The Morgan fingerprint density at radius 3 is 2.54 bits per heavy atom. The van der Waals surface area contributed by atoms with Crippen LogP contribution in [0.25, 0.3) is 0 Å². The largest absolute Gasteiger partial charge is 0.361 e. The van der Waals surface area contributed by atoms with Crippen molar-refractivity contribution in [1.82, 2.24) is 5.32 Å². The Kier molecular flexibility index (Phi) is 7.91. The number of anilines is 2. The van der Waals surface area contributed by atoms with E-state index in [9.17, 15) is 14.4 Å². The molecule has 1 aromatic carbocycles. The molecule has 3 N–H and O–H groups in total. The van der Waals surface area contributed by atoms with Gasteiger partial charge >= 0.3 is 0 Å². The van der Waals surface area contributed by atoms with E-state index in [1.54, 1.807) is 26.0 Å². The molecule has 0 saturated carbocycles. The molecule has 7 heteroatoms. The van der Waals surface area contributed by atoms with E-state index < -0.39 is 6.04 Å². The third-order valence-corrected chi connectivity index (χ3v) is 3.97. The smallest absolute Gasteiger partial charge is 0.242 e. The normalized spacial score (nSPS) is 11.5. The number of aldehydes is 1. The van der Waals surface area contributed by atoms with Crippen molar-refractivity contribution < 1.29 is 14.4 Å². The van der Waals surface area contributed by atoms with Crippen LogP contribution in [0.1, 0.15) is 18.4 Å². The van der Waals surface area contributed by atoms with Crippen molar-refractivity contribution in [1.29, 1.82) is 0 Å². The minimum Gasteiger partial charge on any atom is -0.361 e. The predicted molar refractivity (Wildman–Crippen MR) is 95.2 cm³/mol. The van der Waals surface area contributed by atoms with E-state index in [4.69, 9.17) is 5.73 Å². The summed E-state index contributed by atoms with van der Waals surface area (Å²) >= 11 is 0. The standard InChI is InChI=1S/C17H26N4O3/c1-19-17(24)15(5-4-10-22)21(3)14-7-6-13(8-9-18)11-16(14)20(2)12-23/h6-7,10-12,15H,4-5,8-9,18H2,1-3H3,(H,19,24). The van der Waals surface area contributed by atoms with E-state index in [-0.39, 0.29) is 12.3 Å². The lowest BCUT2D eigenvalue weighted by Crippen LogP contribution is -2.44. The van der Waals surface area contributed by atoms with Gasteiger partial charge in [-0.2, -0.15) is 0 Å². The van der Waals surface area contributed by atoms with Crippen LogP contribution >= 0.6 is 0 Å². The van der Waals surface area contributed by atoms with E-state index in [1.807, 2.05) is 18.2 Å². The first kappa shape index (κ1) is 19.6. The molecule has 0 aliphatic carbocycles. The second kappa shape index (κ2) is 9.67. The summed E-state index contributed by atoms with van der Waals surface area (Å²) in [4.78, 5) is 37.4. The Bertz CT molecular complexity index is 577. The van der Waals surface area contributed by atoms with Gasteiger partial charge in [-0.1, -0.05) is 6.07 Å². The maximum atomic E-state index is 12.2. The number of nitrogens with two attached hydrogens (primary N) is 1. The van der Waals surface area contributed by atoms with Gasteiger partial charge in [0.2, 0.25) is 12.3 Å². The quantitative estimate of drug-likeness (QED) is 0.601. The Labute approximate surface area is 142 Å². The lowest BCUT2D eigenvalue weighted by atomic mass is 10.1.